The van der Waals surface area contributed by atoms with Gasteiger partial charge in [0.25, 0.3) is 0 Å². The van der Waals surface area contributed by atoms with Crippen molar-refractivity contribution in [2.45, 2.75) is 26.1 Å². The van der Waals surface area contributed by atoms with Crippen LogP contribution in [0, 0.1) is 11.6 Å². The van der Waals surface area contributed by atoms with Crippen LogP contribution in [0.25, 0.3) is 0 Å². The average Bonchev–Trinajstić information content (AvgIpc) is 3.09. The van der Waals surface area contributed by atoms with Crippen LogP contribution in [0.3, 0.4) is 0 Å². The highest BCUT2D eigenvalue weighted by Crippen LogP contribution is 2.31. The van der Waals surface area contributed by atoms with Crippen molar-refractivity contribution in [2.75, 3.05) is 18.5 Å². The van der Waals surface area contributed by atoms with Crippen molar-refractivity contribution >= 4 is 28.5 Å². The van der Waals surface area contributed by atoms with E-state index in [4.69, 9.17) is 9.84 Å². The lowest BCUT2D eigenvalue weighted by atomic mass is 10.1. The van der Waals surface area contributed by atoms with Gasteiger partial charge in [-0.1, -0.05) is 19.1 Å². The molecule has 29 heavy (non-hydrogen) atoms. The molecule has 1 heterocycles. The standard InChI is InChI=1S/C17H19F2N3O6S/c1-2-8-3-4-9(13(19)12(8)18)7-28-14-11(16(25)26)15(29-22-14)21-17(27)20-5-10(24)6-23/h3-4,10,23-24H,2,5-7H2,1H3,(H,25,26)(H2,20,21,27). The number of carboxylic acid groups (broad SMARTS) is 1. The van der Waals surface area contributed by atoms with Crippen LogP contribution >= 0.6 is 11.5 Å². The Kier molecular flexibility index (Phi) is 7.82. The zero-order valence-corrected chi connectivity index (χ0v) is 16.1. The van der Waals surface area contributed by atoms with E-state index in [-0.39, 0.29) is 28.6 Å². The number of amides is 2. The Labute approximate surface area is 168 Å². The van der Waals surface area contributed by atoms with Gasteiger partial charge in [-0.15, -0.1) is 0 Å². The summed E-state index contributed by atoms with van der Waals surface area (Å²) in [6.07, 6.45) is -0.861. The number of aliphatic hydroxyl groups excluding tert-OH is 2. The number of aryl methyl sites for hydroxylation is 1. The van der Waals surface area contributed by atoms with Crippen LogP contribution in [-0.2, 0) is 13.0 Å². The minimum atomic E-state index is -1.45. The SMILES string of the molecule is CCc1ccc(COc2nsc(NC(=O)NCC(O)CO)c2C(=O)O)c(F)c1F. The summed E-state index contributed by atoms with van der Waals surface area (Å²) in [4.78, 5) is 23.3. The molecule has 12 heteroatoms. The molecule has 1 atom stereocenters. The fourth-order valence-corrected chi connectivity index (χ4v) is 2.95. The molecule has 9 nitrogen and oxygen atoms in total. The number of urea groups is 1. The third-order valence-electron chi connectivity index (χ3n) is 3.80. The first kappa shape index (κ1) is 22.5. The molecule has 0 bridgehead atoms. The number of nitrogens with one attached hydrogen (secondary N) is 2. The quantitative estimate of drug-likeness (QED) is 0.407. The molecule has 1 aromatic heterocycles. The first-order valence-electron chi connectivity index (χ1n) is 8.43. The summed E-state index contributed by atoms with van der Waals surface area (Å²) in [7, 11) is 0. The molecule has 1 unspecified atom stereocenters. The largest absolute Gasteiger partial charge is 0.477 e. The van der Waals surface area contributed by atoms with Crippen molar-refractivity contribution in [3.8, 4) is 5.88 Å². The van der Waals surface area contributed by atoms with Gasteiger partial charge in [0, 0.05) is 12.1 Å². The van der Waals surface area contributed by atoms with Gasteiger partial charge in [0.1, 0.15) is 11.6 Å². The zero-order chi connectivity index (χ0) is 21.6. The van der Waals surface area contributed by atoms with E-state index >= 15 is 0 Å². The number of anilines is 1. The van der Waals surface area contributed by atoms with Gasteiger partial charge in [-0.05, 0) is 23.5 Å². The van der Waals surface area contributed by atoms with Crippen molar-refractivity contribution in [2.24, 2.45) is 0 Å². The van der Waals surface area contributed by atoms with Crippen molar-refractivity contribution in [1.29, 1.82) is 0 Å². The molecular weight excluding hydrogens is 412 g/mol. The fraction of sp³-hybridized carbons (Fsp3) is 0.353. The molecule has 5 N–H and O–H groups in total. The molecule has 0 aliphatic carbocycles. The predicted molar refractivity (Wildman–Crippen MR) is 99.3 cm³/mol. The van der Waals surface area contributed by atoms with Gasteiger partial charge in [0.2, 0.25) is 5.88 Å². The molecule has 2 aromatic rings. The number of hydrogen-bond acceptors (Lipinski definition) is 7. The maximum absolute atomic E-state index is 14.1. The number of benzene rings is 1. The first-order valence-corrected chi connectivity index (χ1v) is 9.21. The highest BCUT2D eigenvalue weighted by atomic mass is 32.1. The summed E-state index contributed by atoms with van der Waals surface area (Å²) in [5, 5.41) is 31.6. The van der Waals surface area contributed by atoms with Gasteiger partial charge in [0.05, 0.1) is 12.7 Å². The summed E-state index contributed by atoms with van der Waals surface area (Å²) >= 11 is 0.614. The van der Waals surface area contributed by atoms with Crippen molar-refractivity contribution in [3.05, 3.63) is 40.5 Å². The van der Waals surface area contributed by atoms with E-state index in [0.29, 0.717) is 18.0 Å². The number of carbonyl (C=O) groups excluding carboxylic acids is 1. The van der Waals surface area contributed by atoms with Gasteiger partial charge in [-0.3, -0.25) is 5.32 Å². The van der Waals surface area contributed by atoms with Gasteiger partial charge in [-0.2, -0.15) is 4.37 Å². The van der Waals surface area contributed by atoms with E-state index in [1.807, 2.05) is 0 Å². The molecular formula is C17H19F2N3O6S. The Balaban J connectivity index is 2.12. The summed E-state index contributed by atoms with van der Waals surface area (Å²) < 4.78 is 37.0. The van der Waals surface area contributed by atoms with Gasteiger partial charge in [-0.25, -0.2) is 18.4 Å². The second-order valence-corrected chi connectivity index (χ2v) is 6.60. The Bertz CT molecular complexity index is 892. The highest BCUT2D eigenvalue weighted by Gasteiger charge is 2.24. The van der Waals surface area contributed by atoms with Crippen LogP contribution < -0.4 is 15.4 Å². The monoisotopic (exact) mass is 431 g/mol. The van der Waals surface area contributed by atoms with E-state index in [9.17, 15) is 28.6 Å². The molecule has 158 valence electrons. The Morgan fingerprint density at radius 3 is 2.55 bits per heavy atom. The van der Waals surface area contributed by atoms with Crippen LogP contribution in [-0.4, -0.2) is 50.9 Å². The number of halogens is 2. The van der Waals surface area contributed by atoms with Crippen LogP contribution in [0.15, 0.2) is 12.1 Å². The van der Waals surface area contributed by atoms with Gasteiger partial charge < -0.3 is 25.4 Å². The second kappa shape index (κ2) is 10.1. The molecule has 0 aliphatic heterocycles. The van der Waals surface area contributed by atoms with Crippen molar-refractivity contribution in [1.82, 2.24) is 9.69 Å². The van der Waals surface area contributed by atoms with Crippen LogP contribution in [0.2, 0.25) is 0 Å². The number of aliphatic hydroxyl groups is 2. The highest BCUT2D eigenvalue weighted by molar-refractivity contribution is 7.11. The number of aromatic carboxylic acids is 1. The average molecular weight is 431 g/mol. The first-order chi connectivity index (χ1) is 13.8. The normalized spacial score (nSPS) is 11.8. The zero-order valence-electron chi connectivity index (χ0n) is 15.2. The lowest BCUT2D eigenvalue weighted by Crippen LogP contribution is -2.36. The second-order valence-electron chi connectivity index (χ2n) is 5.82. The molecule has 2 rings (SSSR count). The molecule has 0 saturated carbocycles. The molecule has 0 saturated heterocycles. The molecule has 0 aliphatic rings. The summed E-state index contributed by atoms with van der Waals surface area (Å²) in [6.45, 7) is 0.393. The van der Waals surface area contributed by atoms with Crippen LogP contribution in [0.4, 0.5) is 18.6 Å². The lowest BCUT2D eigenvalue weighted by molar-refractivity contribution is 0.0693. The maximum atomic E-state index is 14.1. The van der Waals surface area contributed by atoms with E-state index in [1.54, 1.807) is 6.92 Å². The molecule has 0 fully saturated rings. The van der Waals surface area contributed by atoms with E-state index < -0.39 is 48.5 Å². The molecule has 0 radical (unpaired) electrons. The Morgan fingerprint density at radius 2 is 1.93 bits per heavy atom. The Morgan fingerprint density at radius 1 is 1.28 bits per heavy atom. The number of ether oxygens (including phenoxy) is 1. The van der Waals surface area contributed by atoms with Crippen molar-refractivity contribution < 1.29 is 38.4 Å². The number of hydrogen-bond donors (Lipinski definition) is 5. The van der Waals surface area contributed by atoms with Crippen LogP contribution in [0.5, 0.6) is 5.88 Å². The minimum Gasteiger partial charge on any atom is -0.477 e. The van der Waals surface area contributed by atoms with Gasteiger partial charge >= 0.3 is 12.0 Å². The topological polar surface area (TPSA) is 141 Å². The maximum Gasteiger partial charge on any atom is 0.344 e. The number of aromatic nitrogens is 1. The van der Waals surface area contributed by atoms with Crippen LogP contribution in [0.1, 0.15) is 28.4 Å². The number of nitrogens with zero attached hydrogens (tertiary/aromatic N) is 1. The molecule has 0 spiro atoms. The van der Waals surface area contributed by atoms with Crippen molar-refractivity contribution in [3.63, 3.8) is 0 Å². The summed E-state index contributed by atoms with van der Waals surface area (Å²) in [6, 6.07) is 1.91. The predicted octanol–water partition coefficient (Wildman–Crippen LogP) is 1.74. The minimum absolute atomic E-state index is 0.116. The fourth-order valence-electron chi connectivity index (χ4n) is 2.23. The molecule has 1 aromatic carbocycles. The summed E-state index contributed by atoms with van der Waals surface area (Å²) in [5.74, 6) is -3.90. The smallest absolute Gasteiger partial charge is 0.344 e. The number of carboxylic acids is 1. The number of rotatable bonds is 9. The van der Waals surface area contributed by atoms with E-state index in [0.717, 1.165) is 0 Å². The van der Waals surface area contributed by atoms with Gasteiger partial charge in [0.15, 0.2) is 17.2 Å². The third-order valence-corrected chi connectivity index (χ3v) is 4.54. The van der Waals surface area contributed by atoms with E-state index in [2.05, 4.69) is 15.0 Å². The third kappa shape index (κ3) is 5.59. The lowest BCUT2D eigenvalue weighted by Gasteiger charge is -2.10. The summed E-state index contributed by atoms with van der Waals surface area (Å²) in [5.41, 5.74) is -0.372. The van der Waals surface area contributed by atoms with E-state index in [1.165, 1.54) is 12.1 Å². The molecule has 2 amide bonds. The Hall–Kier alpha value is -2.83. The number of carbonyl (C=O) groups is 2.